The molecule has 2 aromatic carbocycles. The van der Waals surface area contributed by atoms with Crippen LogP contribution in [-0.4, -0.2) is 41.8 Å². The van der Waals surface area contributed by atoms with Crippen molar-refractivity contribution in [2.24, 2.45) is 0 Å². The van der Waals surface area contributed by atoms with Crippen molar-refractivity contribution < 1.29 is 9.28 Å². The summed E-state index contributed by atoms with van der Waals surface area (Å²) in [6.07, 6.45) is 7.36. The van der Waals surface area contributed by atoms with E-state index in [1.54, 1.807) is 6.20 Å². The highest BCUT2D eigenvalue weighted by Crippen LogP contribution is 2.34. The van der Waals surface area contributed by atoms with E-state index in [9.17, 15) is 9.28 Å². The maximum atomic E-state index is 14.2. The van der Waals surface area contributed by atoms with Gasteiger partial charge in [-0.15, -0.1) is 0 Å². The van der Waals surface area contributed by atoms with E-state index >= 15 is 0 Å². The number of rotatable bonds is 5. The van der Waals surface area contributed by atoms with Gasteiger partial charge < -0.3 is 9.80 Å². The molecule has 162 valence electrons. The zero-order valence-electron chi connectivity index (χ0n) is 18.0. The fraction of sp³-hybridized carbons (Fsp3) is 0.423. The molecule has 1 saturated heterocycles. The summed E-state index contributed by atoms with van der Waals surface area (Å²) in [6, 6.07) is 16.0. The molecule has 3 heterocycles. The van der Waals surface area contributed by atoms with Gasteiger partial charge in [0.1, 0.15) is 0 Å². The van der Waals surface area contributed by atoms with Crippen LogP contribution in [0.15, 0.2) is 54.7 Å². The van der Waals surface area contributed by atoms with E-state index in [1.165, 1.54) is 5.56 Å². The van der Waals surface area contributed by atoms with E-state index in [-0.39, 0.29) is 5.91 Å². The Balaban J connectivity index is 1.12. The molecule has 2 aliphatic heterocycles. The molecule has 4 nitrogen and oxygen atoms in total. The normalized spacial score (nSPS) is 17.8. The van der Waals surface area contributed by atoms with Gasteiger partial charge >= 0.3 is 0 Å². The zero-order chi connectivity index (χ0) is 21.2. The number of likely N-dealkylation sites (tertiary alicyclic amines) is 1. The summed E-state index contributed by atoms with van der Waals surface area (Å²) in [5.74, 6) is 0.655. The minimum Gasteiger partial charge on any atom is -0.312 e. The number of aromatic nitrogens is 1. The number of halogens is 1. The summed E-state index contributed by atoms with van der Waals surface area (Å²) in [5, 5.41) is 1.04. The number of piperidine rings is 1. The van der Waals surface area contributed by atoms with Crippen LogP contribution in [0.3, 0.4) is 0 Å². The predicted octanol–water partition coefficient (Wildman–Crippen LogP) is 5.31. The molecule has 0 aliphatic carbocycles. The molecule has 3 aromatic rings. The standard InChI is InChI=1S/C26H30FN3O/c27-30-19-23(22-9-2-4-11-25(22)30)20-13-17-28(18-14-20)15-6-12-26(31)29-16-5-8-21-7-1-3-10-24(21)29/h1-4,7,9-11,19-20H,5-6,8,12-18H2. The summed E-state index contributed by atoms with van der Waals surface area (Å²) >= 11 is 0. The fourth-order valence-corrected chi connectivity index (χ4v) is 5.34. The summed E-state index contributed by atoms with van der Waals surface area (Å²) in [7, 11) is 0. The van der Waals surface area contributed by atoms with Crippen LogP contribution < -0.4 is 4.90 Å². The minimum absolute atomic E-state index is 0.248. The molecule has 0 N–H and O–H groups in total. The Hall–Kier alpha value is -2.66. The number of nitrogens with zero attached hydrogens (tertiary/aromatic N) is 3. The molecular formula is C26H30FN3O. The Bertz CT molecular complexity index is 1070. The third-order valence-electron chi connectivity index (χ3n) is 7.00. The van der Waals surface area contributed by atoms with Crippen LogP contribution in [-0.2, 0) is 11.2 Å². The van der Waals surface area contributed by atoms with Crippen LogP contribution in [0.25, 0.3) is 10.9 Å². The van der Waals surface area contributed by atoms with Gasteiger partial charge in [-0.2, -0.15) is 4.79 Å². The second-order valence-electron chi connectivity index (χ2n) is 8.91. The smallest absolute Gasteiger partial charge is 0.227 e. The van der Waals surface area contributed by atoms with Gasteiger partial charge in [-0.05, 0) is 80.9 Å². The van der Waals surface area contributed by atoms with Crippen LogP contribution in [0.4, 0.5) is 10.2 Å². The summed E-state index contributed by atoms with van der Waals surface area (Å²) in [4.78, 5) is 18.0. The average Bonchev–Trinajstić information content (AvgIpc) is 3.16. The molecule has 5 heteroatoms. The van der Waals surface area contributed by atoms with E-state index in [0.29, 0.717) is 17.9 Å². The number of fused-ring (bicyclic) bond motifs is 2. The molecule has 0 bridgehead atoms. The maximum Gasteiger partial charge on any atom is 0.227 e. The second kappa shape index (κ2) is 8.83. The van der Waals surface area contributed by atoms with Gasteiger partial charge in [0, 0.05) is 30.2 Å². The van der Waals surface area contributed by atoms with Crippen molar-refractivity contribution in [1.29, 1.82) is 0 Å². The topological polar surface area (TPSA) is 28.5 Å². The lowest BCUT2D eigenvalue weighted by atomic mass is 9.89. The van der Waals surface area contributed by atoms with Gasteiger partial charge in [-0.1, -0.05) is 40.9 Å². The third-order valence-corrected chi connectivity index (χ3v) is 7.00. The first-order valence-corrected chi connectivity index (χ1v) is 11.6. The van der Waals surface area contributed by atoms with Gasteiger partial charge in [0.05, 0.1) is 5.52 Å². The van der Waals surface area contributed by atoms with Crippen LogP contribution in [0.1, 0.15) is 49.1 Å². The number of aryl methyl sites for hydroxylation is 1. The zero-order valence-corrected chi connectivity index (χ0v) is 18.0. The van der Waals surface area contributed by atoms with Gasteiger partial charge in [-0.25, -0.2) is 0 Å². The molecule has 0 saturated carbocycles. The molecule has 0 unspecified atom stereocenters. The molecule has 1 fully saturated rings. The highest BCUT2D eigenvalue weighted by molar-refractivity contribution is 5.94. The Labute approximate surface area is 183 Å². The molecule has 0 spiro atoms. The molecule has 1 amide bonds. The lowest BCUT2D eigenvalue weighted by Crippen LogP contribution is -2.37. The number of amides is 1. The largest absolute Gasteiger partial charge is 0.312 e. The van der Waals surface area contributed by atoms with Crippen LogP contribution in [0, 0.1) is 0 Å². The predicted molar refractivity (Wildman–Crippen MR) is 123 cm³/mol. The van der Waals surface area contributed by atoms with Gasteiger partial charge in [-0.3, -0.25) is 4.79 Å². The quantitative estimate of drug-likeness (QED) is 0.560. The van der Waals surface area contributed by atoms with Crippen LogP contribution in [0.2, 0.25) is 0 Å². The first-order chi connectivity index (χ1) is 15.2. The van der Waals surface area contributed by atoms with E-state index in [2.05, 4.69) is 23.1 Å². The Morgan fingerprint density at radius 3 is 2.65 bits per heavy atom. The molecule has 31 heavy (non-hydrogen) atoms. The van der Waals surface area contributed by atoms with Crippen molar-refractivity contribution in [3.8, 4) is 0 Å². The lowest BCUT2D eigenvalue weighted by Gasteiger charge is -2.32. The van der Waals surface area contributed by atoms with Crippen molar-refractivity contribution >= 4 is 22.5 Å². The SMILES string of the molecule is O=C(CCCN1CCC(c2cn(F)c3ccccc23)CC1)N1CCCc2ccccc21. The van der Waals surface area contributed by atoms with E-state index in [0.717, 1.165) is 79.7 Å². The summed E-state index contributed by atoms with van der Waals surface area (Å²) in [5.41, 5.74) is 4.19. The summed E-state index contributed by atoms with van der Waals surface area (Å²) in [6.45, 7) is 3.82. The number of carbonyl (C=O) groups excluding carboxylic acids is 1. The number of carbonyl (C=O) groups is 1. The highest BCUT2D eigenvalue weighted by Gasteiger charge is 2.25. The molecule has 5 rings (SSSR count). The number of anilines is 1. The van der Waals surface area contributed by atoms with Crippen molar-refractivity contribution in [3.05, 3.63) is 65.9 Å². The van der Waals surface area contributed by atoms with Crippen LogP contribution >= 0.6 is 0 Å². The van der Waals surface area contributed by atoms with Gasteiger partial charge in [0.25, 0.3) is 0 Å². The fourth-order valence-electron chi connectivity index (χ4n) is 5.34. The second-order valence-corrected chi connectivity index (χ2v) is 8.91. The van der Waals surface area contributed by atoms with Crippen molar-refractivity contribution in [2.75, 3.05) is 31.1 Å². The van der Waals surface area contributed by atoms with Gasteiger partial charge in [0.15, 0.2) is 0 Å². The van der Waals surface area contributed by atoms with Gasteiger partial charge in [0.2, 0.25) is 5.91 Å². The molecular weight excluding hydrogens is 389 g/mol. The Morgan fingerprint density at radius 2 is 1.77 bits per heavy atom. The van der Waals surface area contributed by atoms with Crippen molar-refractivity contribution in [3.63, 3.8) is 0 Å². The number of hydrogen-bond acceptors (Lipinski definition) is 2. The summed E-state index contributed by atoms with van der Waals surface area (Å²) < 4.78 is 14.2. The average molecular weight is 420 g/mol. The molecule has 0 radical (unpaired) electrons. The number of para-hydroxylation sites is 2. The molecule has 1 aromatic heterocycles. The van der Waals surface area contributed by atoms with Crippen molar-refractivity contribution in [2.45, 2.75) is 44.4 Å². The monoisotopic (exact) mass is 419 g/mol. The van der Waals surface area contributed by atoms with Crippen LogP contribution in [0.5, 0.6) is 0 Å². The molecule has 2 aliphatic rings. The Morgan fingerprint density at radius 1 is 1.00 bits per heavy atom. The molecule has 0 atom stereocenters. The highest BCUT2D eigenvalue weighted by atomic mass is 19.2. The van der Waals surface area contributed by atoms with E-state index in [4.69, 9.17) is 0 Å². The lowest BCUT2D eigenvalue weighted by molar-refractivity contribution is -0.118. The van der Waals surface area contributed by atoms with E-state index < -0.39 is 0 Å². The maximum absolute atomic E-state index is 14.2. The minimum atomic E-state index is 0.248. The third kappa shape index (κ3) is 4.11. The van der Waals surface area contributed by atoms with E-state index in [1.807, 2.05) is 35.2 Å². The first-order valence-electron chi connectivity index (χ1n) is 11.6. The number of benzene rings is 2. The number of hydrogen-bond donors (Lipinski definition) is 0. The first kappa shape index (κ1) is 20.3. The Kier molecular flexibility index (Phi) is 5.77. The van der Waals surface area contributed by atoms with Crippen molar-refractivity contribution in [1.82, 2.24) is 9.69 Å².